The van der Waals surface area contributed by atoms with Crippen LogP contribution in [0.15, 0.2) is 51.9 Å². The molecule has 3 rings (SSSR count). The van der Waals surface area contributed by atoms with Crippen LogP contribution in [-0.4, -0.2) is 25.7 Å². The lowest BCUT2D eigenvalue weighted by molar-refractivity contribution is 0.0965. The molecule has 0 N–H and O–H groups in total. The average Bonchev–Trinajstić information content (AvgIpc) is 2.96. The molecule has 0 aliphatic rings. The van der Waals surface area contributed by atoms with E-state index in [9.17, 15) is 9.59 Å². The number of aryl methyl sites for hydroxylation is 1. The Kier molecular flexibility index (Phi) is 3.61. The van der Waals surface area contributed by atoms with E-state index in [0.29, 0.717) is 17.3 Å². The van der Waals surface area contributed by atoms with Crippen molar-refractivity contribution in [3.8, 4) is 11.4 Å². The maximum absolute atomic E-state index is 12.2. The zero-order valence-corrected chi connectivity index (χ0v) is 11.8. The minimum atomic E-state index is -0.310. The summed E-state index contributed by atoms with van der Waals surface area (Å²) in [6.07, 6.45) is 1.47. The number of aromatic nitrogens is 4. The van der Waals surface area contributed by atoms with Gasteiger partial charge in [0.1, 0.15) is 6.54 Å². The van der Waals surface area contributed by atoms with E-state index in [0.717, 1.165) is 10.2 Å². The zero-order valence-electron chi connectivity index (χ0n) is 11.8. The largest absolute Gasteiger partial charge is 0.339 e. The van der Waals surface area contributed by atoms with E-state index >= 15 is 0 Å². The first kappa shape index (κ1) is 13.9. The van der Waals surface area contributed by atoms with E-state index in [2.05, 4.69) is 15.2 Å². The van der Waals surface area contributed by atoms with E-state index in [1.54, 1.807) is 31.2 Å². The van der Waals surface area contributed by atoms with Gasteiger partial charge in [0.05, 0.1) is 0 Å². The molecular formula is C15H12N4O3. The van der Waals surface area contributed by atoms with Crippen LogP contribution in [0.1, 0.15) is 16.2 Å². The molecule has 22 heavy (non-hydrogen) atoms. The molecule has 0 aliphatic carbocycles. The van der Waals surface area contributed by atoms with Gasteiger partial charge in [0, 0.05) is 30.3 Å². The minimum absolute atomic E-state index is 0.0969. The molecule has 0 bridgehead atoms. The number of nitrogens with zero attached hydrogens (tertiary/aromatic N) is 4. The number of carbonyl (C=O) groups excluding carboxylic acids is 1. The molecular weight excluding hydrogens is 284 g/mol. The van der Waals surface area contributed by atoms with Gasteiger partial charge < -0.3 is 4.52 Å². The third-order valence-corrected chi connectivity index (χ3v) is 3.07. The molecule has 7 heteroatoms. The van der Waals surface area contributed by atoms with E-state index in [1.807, 2.05) is 0 Å². The monoisotopic (exact) mass is 296 g/mol. The summed E-state index contributed by atoms with van der Waals surface area (Å²) in [5.41, 5.74) is 0.930. The fourth-order valence-electron chi connectivity index (χ4n) is 1.96. The Morgan fingerprint density at radius 1 is 1.23 bits per heavy atom. The Bertz CT molecular complexity index is 865. The third-order valence-electron chi connectivity index (χ3n) is 3.07. The summed E-state index contributed by atoms with van der Waals surface area (Å²) < 4.78 is 6.04. The third kappa shape index (κ3) is 2.83. The van der Waals surface area contributed by atoms with Gasteiger partial charge in [-0.1, -0.05) is 29.4 Å². The molecule has 0 radical (unpaired) electrons. The summed E-state index contributed by atoms with van der Waals surface area (Å²) >= 11 is 0. The van der Waals surface area contributed by atoms with E-state index < -0.39 is 0 Å². The lowest BCUT2D eigenvalue weighted by Crippen LogP contribution is -2.25. The highest BCUT2D eigenvalue weighted by Gasteiger charge is 2.10. The standard InChI is InChI=1S/C15H12N4O3/c1-10-17-15(18-22-10)12-6-4-11(5-7-12)13(20)9-19-14(21)3-2-8-16-19/h2-8H,9H2,1H3. The summed E-state index contributed by atoms with van der Waals surface area (Å²) in [6, 6.07) is 9.69. The SMILES string of the molecule is Cc1nc(-c2ccc(C(=O)Cn3ncccc3=O)cc2)no1. The molecule has 2 heterocycles. The van der Waals surface area contributed by atoms with Crippen LogP contribution in [0.2, 0.25) is 0 Å². The number of benzene rings is 1. The second kappa shape index (κ2) is 5.72. The van der Waals surface area contributed by atoms with Crippen LogP contribution in [0.5, 0.6) is 0 Å². The molecule has 1 aromatic carbocycles. The Morgan fingerprint density at radius 3 is 2.64 bits per heavy atom. The smallest absolute Gasteiger partial charge is 0.267 e. The highest BCUT2D eigenvalue weighted by atomic mass is 16.5. The zero-order chi connectivity index (χ0) is 15.5. The molecule has 7 nitrogen and oxygen atoms in total. The molecule has 110 valence electrons. The summed E-state index contributed by atoms with van der Waals surface area (Å²) in [6.45, 7) is 1.61. The first-order valence-corrected chi connectivity index (χ1v) is 6.59. The van der Waals surface area contributed by atoms with Gasteiger partial charge in [-0.2, -0.15) is 10.1 Å². The molecule has 0 saturated carbocycles. The van der Waals surface area contributed by atoms with E-state index in [1.165, 1.54) is 18.3 Å². The molecule has 0 amide bonds. The Morgan fingerprint density at radius 2 is 2.00 bits per heavy atom. The van der Waals surface area contributed by atoms with Crippen molar-refractivity contribution in [1.82, 2.24) is 19.9 Å². The predicted octanol–water partition coefficient (Wildman–Crippen LogP) is 1.48. The van der Waals surface area contributed by atoms with Crippen molar-refractivity contribution in [3.63, 3.8) is 0 Å². The van der Waals surface area contributed by atoms with Gasteiger partial charge in [-0.3, -0.25) is 9.59 Å². The highest BCUT2D eigenvalue weighted by molar-refractivity contribution is 5.96. The van der Waals surface area contributed by atoms with Gasteiger partial charge in [0.2, 0.25) is 11.7 Å². The molecule has 0 atom stereocenters. The van der Waals surface area contributed by atoms with Crippen LogP contribution in [0.3, 0.4) is 0 Å². The lowest BCUT2D eigenvalue weighted by atomic mass is 10.1. The first-order valence-electron chi connectivity index (χ1n) is 6.59. The summed E-state index contributed by atoms with van der Waals surface area (Å²) in [5, 5.41) is 7.68. The first-order chi connectivity index (χ1) is 10.6. The van der Waals surface area contributed by atoms with Crippen molar-refractivity contribution in [3.05, 3.63) is 64.4 Å². The number of ketones is 1. The van der Waals surface area contributed by atoms with Gasteiger partial charge in [0.25, 0.3) is 5.56 Å². The van der Waals surface area contributed by atoms with Crippen molar-refractivity contribution >= 4 is 5.78 Å². The van der Waals surface area contributed by atoms with E-state index in [-0.39, 0.29) is 17.9 Å². The lowest BCUT2D eigenvalue weighted by Gasteiger charge is -2.03. The minimum Gasteiger partial charge on any atom is -0.339 e. The molecule has 2 aromatic heterocycles. The van der Waals surface area contributed by atoms with Gasteiger partial charge >= 0.3 is 0 Å². The second-order valence-corrected chi connectivity index (χ2v) is 4.66. The van der Waals surface area contributed by atoms with Crippen LogP contribution < -0.4 is 5.56 Å². The second-order valence-electron chi connectivity index (χ2n) is 4.66. The normalized spacial score (nSPS) is 10.6. The van der Waals surface area contributed by atoms with E-state index in [4.69, 9.17) is 4.52 Å². The highest BCUT2D eigenvalue weighted by Crippen LogP contribution is 2.16. The average molecular weight is 296 g/mol. The number of rotatable bonds is 4. The van der Waals surface area contributed by atoms with Crippen LogP contribution in [-0.2, 0) is 6.54 Å². The van der Waals surface area contributed by atoms with Gasteiger partial charge in [-0.05, 0) is 6.07 Å². The molecule has 3 aromatic rings. The fourth-order valence-corrected chi connectivity index (χ4v) is 1.96. The summed E-state index contributed by atoms with van der Waals surface area (Å²) in [5.74, 6) is 0.749. The maximum Gasteiger partial charge on any atom is 0.267 e. The van der Waals surface area contributed by atoms with Crippen LogP contribution in [0, 0.1) is 6.92 Å². The molecule has 0 spiro atoms. The number of hydrogen-bond donors (Lipinski definition) is 0. The van der Waals surface area contributed by atoms with Crippen molar-refractivity contribution < 1.29 is 9.32 Å². The van der Waals surface area contributed by atoms with Gasteiger partial charge in [-0.15, -0.1) is 0 Å². The van der Waals surface area contributed by atoms with Gasteiger partial charge in [0.15, 0.2) is 5.78 Å². The van der Waals surface area contributed by atoms with Crippen molar-refractivity contribution in [2.45, 2.75) is 13.5 Å². The Balaban J connectivity index is 1.79. The molecule has 0 unspecified atom stereocenters. The topological polar surface area (TPSA) is 90.9 Å². The Labute approximate surface area is 125 Å². The Hall–Kier alpha value is -3.09. The van der Waals surface area contributed by atoms with Crippen LogP contribution >= 0.6 is 0 Å². The number of hydrogen-bond acceptors (Lipinski definition) is 6. The van der Waals surface area contributed by atoms with Crippen molar-refractivity contribution in [2.24, 2.45) is 0 Å². The van der Waals surface area contributed by atoms with Crippen molar-refractivity contribution in [1.29, 1.82) is 0 Å². The van der Waals surface area contributed by atoms with Crippen LogP contribution in [0.4, 0.5) is 0 Å². The summed E-state index contributed by atoms with van der Waals surface area (Å²) in [4.78, 5) is 27.8. The van der Waals surface area contributed by atoms with Crippen molar-refractivity contribution in [2.75, 3.05) is 0 Å². The van der Waals surface area contributed by atoms with Crippen LogP contribution in [0.25, 0.3) is 11.4 Å². The van der Waals surface area contributed by atoms with Gasteiger partial charge in [-0.25, -0.2) is 4.68 Å². The maximum atomic E-state index is 12.2. The predicted molar refractivity (Wildman–Crippen MR) is 77.3 cm³/mol. The number of Topliss-reactive ketones (excluding diaryl/α,β-unsaturated/α-hetero) is 1. The molecule has 0 aliphatic heterocycles. The quantitative estimate of drug-likeness (QED) is 0.677. The fraction of sp³-hybridized carbons (Fsp3) is 0.133. The molecule has 0 saturated heterocycles. The number of carbonyl (C=O) groups is 1. The summed E-state index contributed by atoms with van der Waals surface area (Å²) in [7, 11) is 0. The molecule has 0 fully saturated rings.